The maximum Gasteiger partial charge on any atom is 0.404 e. The molecule has 0 N–H and O–H groups in total. The Morgan fingerprint density at radius 3 is 1.09 bits per heavy atom. The van der Waals surface area contributed by atoms with E-state index in [1.54, 1.807) is 0 Å². The van der Waals surface area contributed by atoms with E-state index in [-0.39, 0.29) is 0 Å². The van der Waals surface area contributed by atoms with Gasteiger partial charge < -0.3 is 0 Å². The predicted octanol–water partition coefficient (Wildman–Crippen LogP) is 7.52. The average Bonchev–Trinajstić information content (AvgIpc) is 2.90. The lowest BCUT2D eigenvalue weighted by Gasteiger charge is -2.49. The van der Waals surface area contributed by atoms with E-state index in [1.807, 2.05) is 0 Å². The fraction of sp³-hybridized carbons (Fsp3) is 0.172. The molecule has 0 aliphatic carbocycles. The van der Waals surface area contributed by atoms with E-state index in [2.05, 4.69) is 169 Å². The van der Waals surface area contributed by atoms with Crippen LogP contribution in [0.25, 0.3) is 0 Å². The van der Waals surface area contributed by atoms with Crippen LogP contribution in [-0.2, 0) is 0 Å². The number of hydrogen-bond donors (Lipinski definition) is 0. The number of benzene rings is 4. The second-order valence-corrected chi connectivity index (χ2v) is 11.9. The minimum absolute atomic E-state index is 1.17. The number of para-hydroxylation sites is 4. The van der Waals surface area contributed by atoms with Crippen LogP contribution in [0.3, 0.4) is 0 Å². The van der Waals surface area contributed by atoms with E-state index < -0.39 is 7.87 Å². The van der Waals surface area contributed by atoms with Crippen molar-refractivity contribution >= 4 is 30.6 Å². The Morgan fingerprint density at radius 1 is 0.412 bits per heavy atom. The molecule has 0 bridgehead atoms. The smallest absolute Gasteiger partial charge is 0.193 e. The highest BCUT2D eigenvalue weighted by molar-refractivity contribution is 7.81. The molecular formula is C29H34N4P+. The topological polar surface area (TPSA) is 13.0 Å². The predicted molar refractivity (Wildman–Crippen MR) is 151 cm³/mol. The van der Waals surface area contributed by atoms with Crippen LogP contribution in [-0.4, -0.2) is 28.2 Å². The highest BCUT2D eigenvalue weighted by Gasteiger charge is 2.59. The van der Waals surface area contributed by atoms with E-state index >= 15 is 0 Å². The molecule has 0 spiro atoms. The van der Waals surface area contributed by atoms with E-state index in [0.29, 0.717) is 0 Å². The van der Waals surface area contributed by atoms with Gasteiger partial charge >= 0.3 is 7.87 Å². The third kappa shape index (κ3) is 4.22. The van der Waals surface area contributed by atoms with Crippen LogP contribution in [0.1, 0.15) is 5.56 Å². The SMILES string of the molecule is Cc1ccccc1N(C)[P+](N(C)c1ccccc1)(N(C)c1ccccc1)N(C)c1ccccc1. The summed E-state index contributed by atoms with van der Waals surface area (Å²) in [6, 6.07) is 40.7. The summed E-state index contributed by atoms with van der Waals surface area (Å²) in [5.41, 5.74) is 5.97. The van der Waals surface area contributed by atoms with E-state index in [4.69, 9.17) is 0 Å². The molecule has 0 saturated heterocycles. The Balaban J connectivity index is 2.02. The first-order valence-electron chi connectivity index (χ1n) is 11.5. The van der Waals surface area contributed by atoms with Crippen LogP contribution in [0.15, 0.2) is 115 Å². The van der Waals surface area contributed by atoms with Crippen molar-refractivity contribution in [1.29, 1.82) is 0 Å². The minimum Gasteiger partial charge on any atom is -0.193 e. The van der Waals surface area contributed by atoms with Crippen molar-refractivity contribution in [2.45, 2.75) is 6.92 Å². The average molecular weight is 470 g/mol. The van der Waals surface area contributed by atoms with Crippen LogP contribution in [0.5, 0.6) is 0 Å². The number of aryl methyl sites for hydroxylation is 1. The summed E-state index contributed by atoms with van der Waals surface area (Å²) in [6.07, 6.45) is 0. The van der Waals surface area contributed by atoms with Gasteiger partial charge in [-0.1, -0.05) is 72.8 Å². The fourth-order valence-electron chi connectivity index (χ4n) is 4.67. The standard InChI is InChI=1S/C29H34N4P/c1-25-17-15-16-24-29(25)33(5)34(30(2)26-18-9-6-10-19-26,31(3)27-20-11-7-12-21-27)32(4)28-22-13-8-14-23-28/h6-24H,1-5H3/q+1. The zero-order valence-corrected chi connectivity index (χ0v) is 21.6. The van der Waals surface area contributed by atoms with Gasteiger partial charge in [0.25, 0.3) is 0 Å². The van der Waals surface area contributed by atoms with Crippen molar-refractivity contribution < 1.29 is 0 Å². The first-order chi connectivity index (χ1) is 16.5. The molecule has 0 radical (unpaired) electrons. The third-order valence-electron chi connectivity index (χ3n) is 6.46. The molecule has 34 heavy (non-hydrogen) atoms. The Morgan fingerprint density at radius 2 is 0.735 bits per heavy atom. The summed E-state index contributed by atoms with van der Waals surface area (Å²) < 4.78 is 9.85. The number of hydrogen-bond acceptors (Lipinski definition) is 4. The zero-order valence-electron chi connectivity index (χ0n) is 20.7. The first-order valence-corrected chi connectivity index (χ1v) is 13.1. The molecular weight excluding hydrogens is 435 g/mol. The molecule has 0 unspecified atom stereocenters. The van der Waals surface area contributed by atoms with E-state index in [9.17, 15) is 0 Å². The van der Waals surface area contributed by atoms with Crippen molar-refractivity contribution in [3.63, 3.8) is 0 Å². The van der Waals surface area contributed by atoms with Crippen LogP contribution in [0.4, 0.5) is 22.7 Å². The zero-order chi connectivity index (χ0) is 24.1. The van der Waals surface area contributed by atoms with Gasteiger partial charge in [0.15, 0.2) is 0 Å². The molecule has 0 fully saturated rings. The number of nitrogens with zero attached hydrogens (tertiary/aromatic N) is 4. The molecule has 4 aromatic carbocycles. The monoisotopic (exact) mass is 469 g/mol. The normalized spacial score (nSPS) is 11.1. The molecule has 0 aromatic heterocycles. The molecule has 0 atom stereocenters. The summed E-state index contributed by atoms with van der Waals surface area (Å²) in [5, 5.41) is 0. The van der Waals surface area contributed by atoms with Gasteiger partial charge in [0.2, 0.25) is 0 Å². The van der Waals surface area contributed by atoms with Crippen LogP contribution >= 0.6 is 7.87 Å². The Kier molecular flexibility index (Phi) is 7.09. The molecule has 0 aliphatic heterocycles. The summed E-state index contributed by atoms with van der Waals surface area (Å²) in [4.78, 5) is 0. The van der Waals surface area contributed by atoms with Gasteiger partial charge in [0.1, 0.15) is 0 Å². The van der Waals surface area contributed by atoms with Gasteiger partial charge in [-0.3, -0.25) is 0 Å². The third-order valence-corrected chi connectivity index (χ3v) is 10.6. The Hall–Kier alpha value is -3.49. The second-order valence-electron chi connectivity index (χ2n) is 8.42. The van der Waals surface area contributed by atoms with Gasteiger partial charge in [0.05, 0.1) is 22.7 Å². The summed E-state index contributed by atoms with van der Waals surface area (Å²) >= 11 is 0. The molecule has 4 nitrogen and oxygen atoms in total. The lowest BCUT2D eigenvalue weighted by Crippen LogP contribution is -2.49. The van der Waals surface area contributed by atoms with Crippen molar-refractivity contribution in [2.24, 2.45) is 0 Å². The summed E-state index contributed by atoms with van der Waals surface area (Å²) in [7, 11) is 6.45. The minimum atomic E-state index is -2.44. The number of rotatable bonds is 8. The Bertz CT molecular complexity index is 1070. The first kappa shape index (κ1) is 23.7. The molecule has 174 valence electrons. The molecule has 0 heterocycles. The lowest BCUT2D eigenvalue weighted by molar-refractivity contribution is 1.09. The highest BCUT2D eigenvalue weighted by Crippen LogP contribution is 2.71. The quantitative estimate of drug-likeness (QED) is 0.247. The molecule has 0 amide bonds. The maximum absolute atomic E-state index is 2.48. The summed E-state index contributed by atoms with van der Waals surface area (Å²) in [6.45, 7) is 2.19. The van der Waals surface area contributed by atoms with Crippen LogP contribution < -0.4 is 18.7 Å². The number of anilines is 4. The Labute approximate surface area is 205 Å². The largest absolute Gasteiger partial charge is 0.404 e. The second kappa shape index (κ2) is 10.2. The van der Waals surface area contributed by atoms with Crippen molar-refractivity contribution in [2.75, 3.05) is 46.9 Å². The van der Waals surface area contributed by atoms with Gasteiger partial charge in [-0.2, -0.15) is 18.7 Å². The lowest BCUT2D eigenvalue weighted by atomic mass is 10.2. The summed E-state index contributed by atoms with van der Waals surface area (Å²) in [5.74, 6) is 0. The molecule has 0 saturated carbocycles. The maximum atomic E-state index is 2.48. The van der Waals surface area contributed by atoms with Crippen LogP contribution in [0, 0.1) is 6.92 Å². The van der Waals surface area contributed by atoms with Crippen molar-refractivity contribution in [3.05, 3.63) is 121 Å². The fourth-order valence-corrected chi connectivity index (χ4v) is 8.93. The van der Waals surface area contributed by atoms with Crippen molar-refractivity contribution in [3.8, 4) is 0 Å². The highest BCUT2D eigenvalue weighted by atomic mass is 31.2. The van der Waals surface area contributed by atoms with Gasteiger partial charge in [-0.05, 0) is 55.0 Å². The molecule has 5 heteroatoms. The van der Waals surface area contributed by atoms with Crippen LogP contribution in [0.2, 0.25) is 0 Å². The molecule has 4 aromatic rings. The van der Waals surface area contributed by atoms with Crippen molar-refractivity contribution in [1.82, 2.24) is 0 Å². The van der Waals surface area contributed by atoms with Gasteiger partial charge in [0, 0.05) is 28.2 Å². The van der Waals surface area contributed by atoms with Gasteiger partial charge in [-0.25, -0.2) is 0 Å². The molecule has 0 aliphatic rings. The van der Waals surface area contributed by atoms with Gasteiger partial charge in [-0.15, -0.1) is 0 Å². The van der Waals surface area contributed by atoms with E-state index in [0.717, 1.165) is 0 Å². The molecule has 4 rings (SSSR count). The van der Waals surface area contributed by atoms with E-state index in [1.165, 1.54) is 28.3 Å².